The van der Waals surface area contributed by atoms with Crippen molar-refractivity contribution in [2.75, 3.05) is 5.32 Å². The molecule has 1 heterocycles. The minimum Gasteiger partial charge on any atom is -0.370 e. The molecular weight excluding hydrogens is 395 g/mol. The molecule has 0 fully saturated rings. The van der Waals surface area contributed by atoms with Crippen molar-refractivity contribution < 1.29 is 0 Å². The van der Waals surface area contributed by atoms with Crippen LogP contribution in [0.5, 0.6) is 0 Å². The zero-order valence-corrected chi connectivity index (χ0v) is 15.1. The largest absolute Gasteiger partial charge is 0.370 e. The first-order chi connectivity index (χ1) is 9.72. The van der Waals surface area contributed by atoms with E-state index in [2.05, 4.69) is 33.5 Å². The van der Waals surface area contributed by atoms with Crippen LogP contribution in [0, 0.1) is 6.92 Å². The summed E-state index contributed by atoms with van der Waals surface area (Å²) in [6.07, 6.45) is 3.62. The first-order valence-electron chi connectivity index (χ1n) is 6.80. The quantitative estimate of drug-likeness (QED) is 0.459. The molecule has 4 nitrogen and oxygen atoms in total. The number of benzene rings is 1. The third-order valence-corrected chi connectivity index (χ3v) is 4.53. The Morgan fingerprint density at radius 1 is 1.38 bits per heavy atom. The fourth-order valence-corrected chi connectivity index (χ4v) is 3.17. The SMILES string of the molecule is Cc1ncsc1CN=C(N)Nc1ccc2c(c1)CCC2.I. The molecule has 0 saturated heterocycles. The van der Waals surface area contributed by atoms with Gasteiger partial charge in [0.1, 0.15) is 0 Å². The molecule has 2 aromatic rings. The van der Waals surface area contributed by atoms with Crippen molar-refractivity contribution in [3.05, 3.63) is 45.4 Å². The lowest BCUT2D eigenvalue weighted by atomic mass is 10.1. The van der Waals surface area contributed by atoms with E-state index in [1.807, 2.05) is 12.4 Å². The van der Waals surface area contributed by atoms with E-state index < -0.39 is 0 Å². The van der Waals surface area contributed by atoms with E-state index >= 15 is 0 Å². The molecule has 1 aliphatic carbocycles. The molecule has 0 amide bonds. The van der Waals surface area contributed by atoms with Crippen LogP contribution in [-0.2, 0) is 19.4 Å². The van der Waals surface area contributed by atoms with Gasteiger partial charge in [0.2, 0.25) is 0 Å². The second kappa shape index (κ2) is 7.22. The molecule has 0 spiro atoms. The van der Waals surface area contributed by atoms with E-state index in [1.54, 1.807) is 11.3 Å². The minimum absolute atomic E-state index is 0. The van der Waals surface area contributed by atoms with E-state index in [4.69, 9.17) is 5.73 Å². The summed E-state index contributed by atoms with van der Waals surface area (Å²) >= 11 is 1.61. The average Bonchev–Trinajstić information content (AvgIpc) is 3.04. The summed E-state index contributed by atoms with van der Waals surface area (Å²) in [4.78, 5) is 9.73. The fraction of sp³-hybridized carbons (Fsp3) is 0.333. The van der Waals surface area contributed by atoms with Crippen LogP contribution in [0.2, 0.25) is 0 Å². The van der Waals surface area contributed by atoms with Gasteiger partial charge in [-0.3, -0.25) is 0 Å². The van der Waals surface area contributed by atoms with Gasteiger partial charge >= 0.3 is 0 Å². The number of aromatic nitrogens is 1. The molecule has 0 radical (unpaired) electrons. The van der Waals surface area contributed by atoms with Crippen molar-refractivity contribution in [1.29, 1.82) is 0 Å². The molecule has 1 aromatic heterocycles. The molecule has 0 bridgehead atoms. The summed E-state index contributed by atoms with van der Waals surface area (Å²) in [5.41, 5.74) is 12.7. The number of rotatable bonds is 3. The Kier molecular flexibility index (Phi) is 5.58. The molecule has 6 heteroatoms. The maximum atomic E-state index is 5.94. The first kappa shape index (κ1) is 16.2. The number of halogens is 1. The highest BCUT2D eigenvalue weighted by molar-refractivity contribution is 14.0. The summed E-state index contributed by atoms with van der Waals surface area (Å²) in [6, 6.07) is 6.44. The molecule has 0 atom stereocenters. The third-order valence-electron chi connectivity index (χ3n) is 3.61. The second-order valence-corrected chi connectivity index (χ2v) is 5.96. The van der Waals surface area contributed by atoms with Crippen molar-refractivity contribution >= 4 is 47.0 Å². The Morgan fingerprint density at radius 3 is 2.95 bits per heavy atom. The normalized spacial score (nSPS) is 13.7. The summed E-state index contributed by atoms with van der Waals surface area (Å²) in [5.74, 6) is 0.454. The van der Waals surface area contributed by atoms with Gasteiger partial charge in [-0.25, -0.2) is 9.98 Å². The number of aliphatic imine (C=N–C) groups is 1. The summed E-state index contributed by atoms with van der Waals surface area (Å²) in [6.45, 7) is 2.58. The van der Waals surface area contributed by atoms with Gasteiger partial charge in [0, 0.05) is 10.6 Å². The molecule has 0 aliphatic heterocycles. The molecule has 0 saturated carbocycles. The molecule has 3 rings (SSSR count). The lowest BCUT2D eigenvalue weighted by molar-refractivity contribution is 0.912. The monoisotopic (exact) mass is 414 g/mol. The van der Waals surface area contributed by atoms with Crippen molar-refractivity contribution in [3.8, 4) is 0 Å². The number of thiazole rings is 1. The maximum Gasteiger partial charge on any atom is 0.193 e. The Morgan fingerprint density at radius 2 is 2.19 bits per heavy atom. The summed E-state index contributed by atoms with van der Waals surface area (Å²) in [5, 5.41) is 3.17. The fourth-order valence-electron chi connectivity index (χ4n) is 2.47. The van der Waals surface area contributed by atoms with Gasteiger partial charge in [0.15, 0.2) is 5.96 Å². The zero-order valence-electron chi connectivity index (χ0n) is 11.9. The van der Waals surface area contributed by atoms with Crippen LogP contribution in [0.4, 0.5) is 5.69 Å². The second-order valence-electron chi connectivity index (χ2n) is 5.02. The Balaban J connectivity index is 0.00000161. The van der Waals surface area contributed by atoms with Gasteiger partial charge < -0.3 is 11.1 Å². The number of anilines is 1. The number of guanidine groups is 1. The molecule has 1 aromatic carbocycles. The standard InChI is InChI=1S/C15H18N4S.HI/c1-10-14(20-9-18-10)8-17-15(16)19-13-6-5-11-3-2-4-12(11)7-13;/h5-7,9H,2-4,8H2,1H3,(H3,16,17,19);1H. The topological polar surface area (TPSA) is 63.3 Å². The molecule has 0 unspecified atom stereocenters. The van der Waals surface area contributed by atoms with Gasteiger partial charge in [0.05, 0.1) is 17.7 Å². The van der Waals surface area contributed by atoms with Gasteiger partial charge in [-0.1, -0.05) is 6.07 Å². The molecule has 21 heavy (non-hydrogen) atoms. The highest BCUT2D eigenvalue weighted by Crippen LogP contribution is 2.24. The van der Waals surface area contributed by atoms with Gasteiger partial charge in [-0.15, -0.1) is 35.3 Å². The summed E-state index contributed by atoms with van der Waals surface area (Å²) in [7, 11) is 0. The highest BCUT2D eigenvalue weighted by atomic mass is 127. The van der Waals surface area contributed by atoms with Crippen molar-refractivity contribution in [3.63, 3.8) is 0 Å². The van der Waals surface area contributed by atoms with Crippen LogP contribution >= 0.6 is 35.3 Å². The van der Waals surface area contributed by atoms with Gasteiger partial charge in [-0.2, -0.15) is 0 Å². The van der Waals surface area contributed by atoms with Crippen LogP contribution in [0.1, 0.15) is 28.1 Å². The molecule has 1 aliphatic rings. The first-order valence-corrected chi connectivity index (χ1v) is 7.68. The zero-order chi connectivity index (χ0) is 13.9. The average molecular weight is 414 g/mol. The number of nitrogens with one attached hydrogen (secondary N) is 1. The van der Waals surface area contributed by atoms with Crippen molar-refractivity contribution in [1.82, 2.24) is 4.98 Å². The molecule has 3 N–H and O–H groups in total. The molecular formula is C15H19IN4S. The lowest BCUT2D eigenvalue weighted by Gasteiger charge is -2.07. The van der Waals surface area contributed by atoms with E-state index in [-0.39, 0.29) is 24.0 Å². The Hall–Kier alpha value is -1.15. The van der Waals surface area contributed by atoms with E-state index in [9.17, 15) is 0 Å². The van der Waals surface area contributed by atoms with Crippen LogP contribution in [0.25, 0.3) is 0 Å². The predicted molar refractivity (Wildman–Crippen MR) is 99.7 cm³/mol. The van der Waals surface area contributed by atoms with Gasteiger partial charge in [0.25, 0.3) is 0 Å². The summed E-state index contributed by atoms with van der Waals surface area (Å²) < 4.78 is 0. The minimum atomic E-state index is 0. The Bertz CT molecular complexity index is 651. The smallest absolute Gasteiger partial charge is 0.193 e. The van der Waals surface area contributed by atoms with Crippen molar-refractivity contribution in [2.24, 2.45) is 10.7 Å². The number of aryl methyl sites for hydroxylation is 3. The van der Waals surface area contributed by atoms with Crippen LogP contribution in [-0.4, -0.2) is 10.9 Å². The van der Waals surface area contributed by atoms with Crippen LogP contribution in [0.15, 0.2) is 28.7 Å². The molecule has 112 valence electrons. The third kappa shape index (κ3) is 3.94. The number of nitrogens with zero attached hydrogens (tertiary/aromatic N) is 2. The number of nitrogens with two attached hydrogens (primary N) is 1. The van der Waals surface area contributed by atoms with Crippen molar-refractivity contribution in [2.45, 2.75) is 32.7 Å². The van der Waals surface area contributed by atoms with Gasteiger partial charge in [-0.05, 0) is 49.4 Å². The van der Waals surface area contributed by atoms with Crippen LogP contribution in [0.3, 0.4) is 0 Å². The van der Waals surface area contributed by atoms with E-state index in [1.165, 1.54) is 30.4 Å². The number of fused-ring (bicyclic) bond motifs is 1. The van der Waals surface area contributed by atoms with E-state index in [0.29, 0.717) is 12.5 Å². The number of hydrogen-bond acceptors (Lipinski definition) is 3. The lowest BCUT2D eigenvalue weighted by Crippen LogP contribution is -2.22. The Labute approximate surface area is 145 Å². The number of hydrogen-bond donors (Lipinski definition) is 2. The maximum absolute atomic E-state index is 5.94. The van der Waals surface area contributed by atoms with E-state index in [0.717, 1.165) is 16.3 Å². The highest BCUT2D eigenvalue weighted by Gasteiger charge is 2.10. The predicted octanol–water partition coefficient (Wildman–Crippen LogP) is 3.49. The van der Waals surface area contributed by atoms with Crippen LogP contribution < -0.4 is 11.1 Å².